The Kier molecular flexibility index (Phi) is 5.03. The molecule has 100 valence electrons. The first kappa shape index (κ1) is 14.8. The Balaban J connectivity index is 2.70. The van der Waals surface area contributed by atoms with Gasteiger partial charge in [0.1, 0.15) is 5.60 Å². The summed E-state index contributed by atoms with van der Waals surface area (Å²) in [6, 6.07) is 7.49. The summed E-state index contributed by atoms with van der Waals surface area (Å²) in [6.07, 6.45) is -0.301. The Morgan fingerprint density at radius 2 is 2.06 bits per heavy atom. The fourth-order valence-electron chi connectivity index (χ4n) is 1.49. The number of hydrogen-bond acceptors (Lipinski definition) is 2. The number of ether oxygens (including phenoxy) is 1. The molecule has 0 saturated heterocycles. The van der Waals surface area contributed by atoms with Gasteiger partial charge < -0.3 is 9.64 Å². The van der Waals surface area contributed by atoms with Gasteiger partial charge in [-0.15, -0.1) is 0 Å². The molecule has 0 atom stereocenters. The van der Waals surface area contributed by atoms with Crippen LogP contribution in [0.3, 0.4) is 0 Å². The maximum atomic E-state index is 11.9. The summed E-state index contributed by atoms with van der Waals surface area (Å²) in [5, 5.41) is 0.674. The van der Waals surface area contributed by atoms with Crippen molar-refractivity contribution in [2.45, 2.75) is 39.8 Å². The number of carbonyl (C=O) groups is 1. The zero-order valence-corrected chi connectivity index (χ0v) is 12.1. The number of hydrogen-bond donors (Lipinski definition) is 0. The predicted molar refractivity (Wildman–Crippen MR) is 73.8 cm³/mol. The summed E-state index contributed by atoms with van der Waals surface area (Å²) in [4.78, 5) is 13.6. The number of nitrogens with zero attached hydrogens (tertiary/aromatic N) is 1. The Morgan fingerprint density at radius 3 is 2.56 bits per heavy atom. The highest BCUT2D eigenvalue weighted by molar-refractivity contribution is 6.30. The van der Waals surface area contributed by atoms with Gasteiger partial charge in [0.05, 0.1) is 0 Å². The van der Waals surface area contributed by atoms with Crippen molar-refractivity contribution in [2.75, 3.05) is 6.54 Å². The van der Waals surface area contributed by atoms with Gasteiger partial charge in [0.25, 0.3) is 0 Å². The van der Waals surface area contributed by atoms with Gasteiger partial charge in [-0.05, 0) is 45.4 Å². The Bertz CT molecular complexity index is 413. The van der Waals surface area contributed by atoms with Gasteiger partial charge in [-0.1, -0.05) is 23.7 Å². The summed E-state index contributed by atoms with van der Waals surface area (Å²) >= 11 is 5.92. The molecule has 1 amide bonds. The Labute approximate surface area is 114 Å². The van der Waals surface area contributed by atoms with Crippen molar-refractivity contribution in [3.05, 3.63) is 34.9 Å². The maximum Gasteiger partial charge on any atom is 0.410 e. The molecule has 0 radical (unpaired) electrons. The van der Waals surface area contributed by atoms with Crippen molar-refractivity contribution in [3.63, 3.8) is 0 Å². The second kappa shape index (κ2) is 6.10. The standard InChI is InChI=1S/C14H20ClNO2/c1-5-16(13(17)18-14(2,3)4)10-11-7-6-8-12(15)9-11/h6-9H,5,10H2,1-4H3. The molecule has 0 unspecified atom stereocenters. The minimum absolute atomic E-state index is 0.301. The van der Waals surface area contributed by atoms with Gasteiger partial charge >= 0.3 is 6.09 Å². The molecule has 0 aliphatic carbocycles. The van der Waals surface area contributed by atoms with Crippen molar-refractivity contribution in [2.24, 2.45) is 0 Å². The normalized spacial score (nSPS) is 11.2. The van der Waals surface area contributed by atoms with Crippen LogP contribution in [0.2, 0.25) is 5.02 Å². The SMILES string of the molecule is CCN(Cc1cccc(Cl)c1)C(=O)OC(C)(C)C. The first-order valence-corrected chi connectivity index (χ1v) is 6.42. The molecule has 1 aromatic carbocycles. The third-order valence-electron chi connectivity index (χ3n) is 2.30. The second-order valence-electron chi connectivity index (χ2n) is 5.12. The van der Waals surface area contributed by atoms with Crippen LogP contribution < -0.4 is 0 Å². The summed E-state index contributed by atoms with van der Waals surface area (Å²) in [6.45, 7) is 8.61. The molecule has 0 spiro atoms. The van der Waals surface area contributed by atoms with Crippen LogP contribution >= 0.6 is 11.6 Å². The lowest BCUT2D eigenvalue weighted by molar-refractivity contribution is 0.0244. The third kappa shape index (κ3) is 4.96. The van der Waals surface area contributed by atoms with E-state index in [0.29, 0.717) is 18.1 Å². The predicted octanol–water partition coefficient (Wildman–Crippen LogP) is 4.10. The molecule has 0 bridgehead atoms. The fourth-order valence-corrected chi connectivity index (χ4v) is 1.70. The lowest BCUT2D eigenvalue weighted by atomic mass is 10.2. The number of rotatable bonds is 3. The summed E-state index contributed by atoms with van der Waals surface area (Å²) < 4.78 is 5.35. The Hall–Kier alpha value is -1.22. The molecule has 0 N–H and O–H groups in total. The number of amides is 1. The Morgan fingerprint density at radius 1 is 1.39 bits per heavy atom. The zero-order chi connectivity index (χ0) is 13.8. The molecular formula is C14H20ClNO2. The van der Waals surface area contributed by atoms with Crippen LogP contribution in [0.25, 0.3) is 0 Å². The molecule has 18 heavy (non-hydrogen) atoms. The van der Waals surface area contributed by atoms with E-state index in [2.05, 4.69) is 0 Å². The number of carbonyl (C=O) groups excluding carboxylic acids is 1. The van der Waals surface area contributed by atoms with E-state index in [1.54, 1.807) is 4.90 Å². The van der Waals surface area contributed by atoms with E-state index in [4.69, 9.17) is 16.3 Å². The average molecular weight is 270 g/mol. The highest BCUT2D eigenvalue weighted by Gasteiger charge is 2.21. The summed E-state index contributed by atoms with van der Waals surface area (Å²) in [5.74, 6) is 0. The lowest BCUT2D eigenvalue weighted by Crippen LogP contribution is -2.36. The van der Waals surface area contributed by atoms with E-state index >= 15 is 0 Å². The minimum atomic E-state index is -0.473. The van der Waals surface area contributed by atoms with E-state index in [9.17, 15) is 4.79 Å². The number of halogens is 1. The van der Waals surface area contributed by atoms with Crippen LogP contribution in [-0.4, -0.2) is 23.1 Å². The van der Waals surface area contributed by atoms with Gasteiger partial charge in [0, 0.05) is 18.1 Å². The summed E-state index contributed by atoms with van der Waals surface area (Å²) in [5.41, 5.74) is 0.522. The van der Waals surface area contributed by atoms with Crippen molar-refractivity contribution < 1.29 is 9.53 Å². The van der Waals surface area contributed by atoms with Gasteiger partial charge in [-0.25, -0.2) is 4.79 Å². The smallest absolute Gasteiger partial charge is 0.410 e. The quantitative estimate of drug-likeness (QED) is 0.827. The van der Waals surface area contributed by atoms with Crippen LogP contribution in [0.4, 0.5) is 4.79 Å². The van der Waals surface area contributed by atoms with Crippen LogP contribution in [-0.2, 0) is 11.3 Å². The first-order chi connectivity index (χ1) is 8.31. The van der Waals surface area contributed by atoms with Crippen LogP contribution in [0.5, 0.6) is 0 Å². The second-order valence-corrected chi connectivity index (χ2v) is 5.56. The highest BCUT2D eigenvalue weighted by Crippen LogP contribution is 2.15. The van der Waals surface area contributed by atoms with Crippen molar-refractivity contribution in [3.8, 4) is 0 Å². The van der Waals surface area contributed by atoms with Gasteiger partial charge in [-0.2, -0.15) is 0 Å². The maximum absolute atomic E-state index is 11.9. The van der Waals surface area contributed by atoms with Crippen molar-refractivity contribution in [1.29, 1.82) is 0 Å². The van der Waals surface area contributed by atoms with E-state index in [-0.39, 0.29) is 6.09 Å². The topological polar surface area (TPSA) is 29.5 Å². The van der Waals surface area contributed by atoms with Gasteiger partial charge in [-0.3, -0.25) is 0 Å². The molecule has 3 nitrogen and oxygen atoms in total. The average Bonchev–Trinajstić information content (AvgIpc) is 2.23. The number of benzene rings is 1. The third-order valence-corrected chi connectivity index (χ3v) is 2.53. The fraction of sp³-hybridized carbons (Fsp3) is 0.500. The highest BCUT2D eigenvalue weighted by atomic mass is 35.5. The van der Waals surface area contributed by atoms with Gasteiger partial charge in [0.15, 0.2) is 0 Å². The monoisotopic (exact) mass is 269 g/mol. The van der Waals surface area contributed by atoms with E-state index in [1.807, 2.05) is 52.0 Å². The molecule has 0 heterocycles. The molecular weight excluding hydrogens is 250 g/mol. The van der Waals surface area contributed by atoms with Crippen LogP contribution in [0.1, 0.15) is 33.3 Å². The summed E-state index contributed by atoms with van der Waals surface area (Å²) in [7, 11) is 0. The molecule has 0 aliphatic heterocycles. The van der Waals surface area contributed by atoms with Crippen molar-refractivity contribution >= 4 is 17.7 Å². The van der Waals surface area contributed by atoms with Crippen molar-refractivity contribution in [1.82, 2.24) is 4.90 Å². The molecule has 0 saturated carbocycles. The van der Waals surface area contributed by atoms with E-state index in [0.717, 1.165) is 5.56 Å². The van der Waals surface area contributed by atoms with Crippen LogP contribution in [0.15, 0.2) is 24.3 Å². The zero-order valence-electron chi connectivity index (χ0n) is 11.4. The van der Waals surface area contributed by atoms with E-state index in [1.165, 1.54) is 0 Å². The largest absolute Gasteiger partial charge is 0.444 e. The van der Waals surface area contributed by atoms with E-state index < -0.39 is 5.60 Å². The molecule has 1 rings (SSSR count). The lowest BCUT2D eigenvalue weighted by Gasteiger charge is -2.26. The molecule has 0 aromatic heterocycles. The molecule has 0 fully saturated rings. The van der Waals surface area contributed by atoms with Gasteiger partial charge in [0.2, 0.25) is 0 Å². The molecule has 4 heteroatoms. The van der Waals surface area contributed by atoms with Crippen LogP contribution in [0, 0.1) is 0 Å². The molecule has 0 aliphatic rings. The minimum Gasteiger partial charge on any atom is -0.444 e. The first-order valence-electron chi connectivity index (χ1n) is 6.04. The molecule has 1 aromatic rings.